The fraction of sp³-hybridized carbons (Fsp3) is 0.250. The van der Waals surface area contributed by atoms with Gasteiger partial charge in [-0.25, -0.2) is 4.79 Å². The van der Waals surface area contributed by atoms with Crippen LogP contribution in [0.1, 0.15) is 15.9 Å². The maximum Gasteiger partial charge on any atom is 0.338 e. The van der Waals surface area contributed by atoms with Crippen LogP contribution in [0.3, 0.4) is 0 Å². The van der Waals surface area contributed by atoms with E-state index < -0.39 is 0 Å². The van der Waals surface area contributed by atoms with E-state index in [0.29, 0.717) is 12.2 Å². The number of esters is 1. The van der Waals surface area contributed by atoms with Crippen LogP contribution >= 0.6 is 15.9 Å². The number of hydrogen-bond donors (Lipinski definition) is 0. The molecule has 0 atom stereocenters. The molecular formula is C12H13BrO2. The summed E-state index contributed by atoms with van der Waals surface area (Å²) < 4.78 is 5.02. The van der Waals surface area contributed by atoms with Crippen LogP contribution in [-0.2, 0) is 4.74 Å². The molecule has 1 aromatic rings. The standard InChI is InChI=1S/C12H13BrO2/c1-10-4-6-11(7-5-10)12(14)15-9-3-2-8-13/h2-7H,8-9H2,1H3/b3-2+. The maximum atomic E-state index is 11.5. The number of hydrogen-bond acceptors (Lipinski definition) is 2. The van der Waals surface area contributed by atoms with Crippen molar-refractivity contribution >= 4 is 21.9 Å². The summed E-state index contributed by atoms with van der Waals surface area (Å²) in [4.78, 5) is 11.5. The minimum Gasteiger partial charge on any atom is -0.458 e. The zero-order valence-corrected chi connectivity index (χ0v) is 10.2. The Kier molecular flexibility index (Phi) is 5.12. The molecule has 80 valence electrons. The van der Waals surface area contributed by atoms with Crippen LogP contribution in [0, 0.1) is 6.92 Å². The number of aryl methyl sites for hydroxylation is 1. The fourth-order valence-corrected chi connectivity index (χ4v) is 1.29. The number of benzene rings is 1. The first-order chi connectivity index (χ1) is 7.24. The van der Waals surface area contributed by atoms with Crippen LogP contribution in [-0.4, -0.2) is 17.9 Å². The van der Waals surface area contributed by atoms with Gasteiger partial charge < -0.3 is 4.74 Å². The predicted molar refractivity (Wildman–Crippen MR) is 64.4 cm³/mol. The van der Waals surface area contributed by atoms with E-state index >= 15 is 0 Å². The Morgan fingerprint density at radius 2 is 2.00 bits per heavy atom. The highest BCUT2D eigenvalue weighted by Gasteiger charge is 2.04. The number of allylic oxidation sites excluding steroid dienone is 1. The second-order valence-electron chi connectivity index (χ2n) is 3.09. The van der Waals surface area contributed by atoms with Gasteiger partial charge in [-0.05, 0) is 19.1 Å². The van der Waals surface area contributed by atoms with Crippen molar-refractivity contribution in [2.24, 2.45) is 0 Å². The summed E-state index contributed by atoms with van der Waals surface area (Å²) in [6, 6.07) is 7.33. The molecule has 0 aliphatic carbocycles. The summed E-state index contributed by atoms with van der Waals surface area (Å²) in [7, 11) is 0. The Hall–Kier alpha value is -1.09. The number of carbonyl (C=O) groups is 1. The summed E-state index contributed by atoms with van der Waals surface area (Å²) in [5.41, 5.74) is 1.72. The van der Waals surface area contributed by atoms with Gasteiger partial charge in [0.05, 0.1) is 5.56 Å². The van der Waals surface area contributed by atoms with Crippen LogP contribution in [0.15, 0.2) is 36.4 Å². The van der Waals surface area contributed by atoms with E-state index in [-0.39, 0.29) is 5.97 Å². The first-order valence-corrected chi connectivity index (χ1v) is 5.81. The summed E-state index contributed by atoms with van der Waals surface area (Å²) in [5.74, 6) is -0.283. The number of ether oxygens (including phenoxy) is 1. The van der Waals surface area contributed by atoms with E-state index in [1.54, 1.807) is 18.2 Å². The van der Waals surface area contributed by atoms with E-state index in [0.717, 1.165) is 10.9 Å². The molecule has 0 N–H and O–H groups in total. The minimum atomic E-state index is -0.283. The second kappa shape index (κ2) is 6.40. The van der Waals surface area contributed by atoms with Crippen molar-refractivity contribution in [3.63, 3.8) is 0 Å². The molecule has 2 nitrogen and oxygen atoms in total. The van der Waals surface area contributed by atoms with Gasteiger partial charge in [-0.3, -0.25) is 0 Å². The Morgan fingerprint density at radius 1 is 1.33 bits per heavy atom. The van der Waals surface area contributed by atoms with Gasteiger partial charge in [0.2, 0.25) is 0 Å². The molecule has 0 saturated heterocycles. The maximum absolute atomic E-state index is 11.5. The lowest BCUT2D eigenvalue weighted by Gasteiger charge is -2.01. The Balaban J connectivity index is 2.47. The van der Waals surface area contributed by atoms with Gasteiger partial charge >= 0.3 is 5.97 Å². The van der Waals surface area contributed by atoms with E-state index in [1.807, 2.05) is 25.1 Å². The van der Waals surface area contributed by atoms with Crippen LogP contribution in [0.5, 0.6) is 0 Å². The summed E-state index contributed by atoms with van der Waals surface area (Å²) >= 11 is 3.24. The highest BCUT2D eigenvalue weighted by molar-refractivity contribution is 9.09. The topological polar surface area (TPSA) is 26.3 Å². The van der Waals surface area contributed by atoms with Crippen LogP contribution < -0.4 is 0 Å². The molecule has 0 aliphatic rings. The van der Waals surface area contributed by atoms with Gasteiger partial charge in [0, 0.05) is 5.33 Å². The molecular weight excluding hydrogens is 256 g/mol. The molecule has 0 spiro atoms. The van der Waals surface area contributed by atoms with Crippen LogP contribution in [0.2, 0.25) is 0 Å². The third kappa shape index (κ3) is 4.30. The third-order valence-corrected chi connectivity index (χ3v) is 2.23. The van der Waals surface area contributed by atoms with E-state index in [1.165, 1.54) is 0 Å². The molecule has 0 saturated carbocycles. The summed E-state index contributed by atoms with van der Waals surface area (Å²) in [5, 5.41) is 0.773. The van der Waals surface area contributed by atoms with E-state index in [2.05, 4.69) is 15.9 Å². The molecule has 15 heavy (non-hydrogen) atoms. The minimum absolute atomic E-state index is 0.283. The normalized spacial score (nSPS) is 10.5. The average Bonchev–Trinajstić information content (AvgIpc) is 2.25. The molecule has 0 amide bonds. The largest absolute Gasteiger partial charge is 0.458 e. The number of rotatable bonds is 4. The first-order valence-electron chi connectivity index (χ1n) is 4.69. The fourth-order valence-electron chi connectivity index (χ4n) is 1.03. The smallest absolute Gasteiger partial charge is 0.338 e. The molecule has 1 rings (SSSR count). The van der Waals surface area contributed by atoms with Gasteiger partial charge in [-0.2, -0.15) is 0 Å². The lowest BCUT2D eigenvalue weighted by atomic mass is 10.1. The number of halogens is 1. The molecule has 0 fully saturated rings. The van der Waals surface area contributed by atoms with E-state index in [4.69, 9.17) is 4.74 Å². The molecule has 0 heterocycles. The Morgan fingerprint density at radius 3 is 2.60 bits per heavy atom. The zero-order chi connectivity index (χ0) is 11.1. The summed E-state index contributed by atoms with van der Waals surface area (Å²) in [6.45, 7) is 2.30. The summed E-state index contributed by atoms with van der Waals surface area (Å²) in [6.07, 6.45) is 3.70. The lowest BCUT2D eigenvalue weighted by Crippen LogP contribution is -2.04. The molecule has 3 heteroatoms. The molecule has 0 radical (unpaired) electrons. The monoisotopic (exact) mass is 268 g/mol. The van der Waals surface area contributed by atoms with Crippen LogP contribution in [0.25, 0.3) is 0 Å². The first kappa shape index (κ1) is 12.0. The molecule has 0 aliphatic heterocycles. The zero-order valence-electron chi connectivity index (χ0n) is 8.57. The van der Waals surface area contributed by atoms with Gasteiger partial charge in [-0.15, -0.1) is 0 Å². The van der Waals surface area contributed by atoms with Crippen molar-refractivity contribution in [2.75, 3.05) is 11.9 Å². The second-order valence-corrected chi connectivity index (χ2v) is 3.74. The Labute approximate surface area is 98.1 Å². The highest BCUT2D eigenvalue weighted by atomic mass is 79.9. The van der Waals surface area contributed by atoms with Crippen molar-refractivity contribution < 1.29 is 9.53 Å². The van der Waals surface area contributed by atoms with Crippen LogP contribution in [0.4, 0.5) is 0 Å². The SMILES string of the molecule is Cc1ccc(C(=O)OC/C=C/CBr)cc1. The molecule has 0 bridgehead atoms. The van der Waals surface area contributed by atoms with Gasteiger partial charge in [0.15, 0.2) is 0 Å². The lowest BCUT2D eigenvalue weighted by molar-refractivity contribution is 0.0549. The molecule has 0 unspecified atom stereocenters. The van der Waals surface area contributed by atoms with Crippen molar-refractivity contribution in [3.05, 3.63) is 47.5 Å². The quantitative estimate of drug-likeness (QED) is 0.477. The van der Waals surface area contributed by atoms with Crippen molar-refractivity contribution in [1.82, 2.24) is 0 Å². The van der Waals surface area contributed by atoms with Crippen molar-refractivity contribution in [2.45, 2.75) is 6.92 Å². The van der Waals surface area contributed by atoms with Gasteiger partial charge in [0.25, 0.3) is 0 Å². The third-order valence-electron chi connectivity index (χ3n) is 1.85. The molecule has 0 aromatic heterocycles. The average molecular weight is 269 g/mol. The van der Waals surface area contributed by atoms with Crippen molar-refractivity contribution in [3.8, 4) is 0 Å². The van der Waals surface area contributed by atoms with Crippen molar-refractivity contribution in [1.29, 1.82) is 0 Å². The molecule has 1 aromatic carbocycles. The predicted octanol–water partition coefficient (Wildman–Crippen LogP) is 3.10. The Bertz CT molecular complexity index is 341. The number of carbonyl (C=O) groups excluding carboxylic acids is 1. The van der Waals surface area contributed by atoms with Gasteiger partial charge in [-0.1, -0.05) is 45.8 Å². The van der Waals surface area contributed by atoms with E-state index in [9.17, 15) is 4.79 Å². The highest BCUT2D eigenvalue weighted by Crippen LogP contribution is 2.04. The number of alkyl halides is 1. The van der Waals surface area contributed by atoms with Gasteiger partial charge in [0.1, 0.15) is 6.61 Å².